The van der Waals surface area contributed by atoms with E-state index in [9.17, 15) is 18.0 Å². The van der Waals surface area contributed by atoms with Crippen LogP contribution in [-0.4, -0.2) is 50.5 Å². The van der Waals surface area contributed by atoms with E-state index >= 15 is 0 Å². The normalized spacial score (nSPS) is 12.3. The SMILES string of the molecule is CC[C@@H](C(=O)NCC(C)C)N(Cc1c(Cl)cccc1Cl)C(=O)CCCN(c1cccc(C)c1C)S(C)(=O)=O. The van der Waals surface area contributed by atoms with Gasteiger partial charge in [0.15, 0.2) is 0 Å². The van der Waals surface area contributed by atoms with Crippen molar-refractivity contribution in [3.63, 3.8) is 0 Å². The van der Waals surface area contributed by atoms with Crippen LogP contribution in [0.3, 0.4) is 0 Å². The number of nitrogens with zero attached hydrogens (tertiary/aromatic N) is 2. The highest BCUT2D eigenvalue weighted by Crippen LogP contribution is 2.28. The molecule has 2 aromatic carbocycles. The molecule has 2 rings (SSSR count). The van der Waals surface area contributed by atoms with Crippen molar-refractivity contribution in [1.29, 1.82) is 0 Å². The predicted octanol–water partition coefficient (Wildman–Crippen LogP) is 5.74. The third-order valence-corrected chi connectivity index (χ3v) is 8.35. The molecule has 0 radical (unpaired) electrons. The van der Waals surface area contributed by atoms with Crippen LogP contribution in [0.2, 0.25) is 10.0 Å². The summed E-state index contributed by atoms with van der Waals surface area (Å²) in [6.07, 6.45) is 1.88. The molecule has 1 atom stereocenters. The van der Waals surface area contributed by atoms with Crippen LogP contribution in [0.15, 0.2) is 36.4 Å². The Balaban J connectivity index is 2.30. The fourth-order valence-corrected chi connectivity index (χ4v) is 5.72. The molecule has 2 aromatic rings. The lowest BCUT2D eigenvalue weighted by molar-refractivity contribution is -0.141. The van der Waals surface area contributed by atoms with Gasteiger partial charge in [0.2, 0.25) is 21.8 Å². The average molecular weight is 585 g/mol. The van der Waals surface area contributed by atoms with Crippen molar-refractivity contribution >= 4 is 50.7 Å². The first-order valence-electron chi connectivity index (χ1n) is 12.8. The maximum atomic E-state index is 13.6. The summed E-state index contributed by atoms with van der Waals surface area (Å²) in [6.45, 7) is 10.3. The van der Waals surface area contributed by atoms with E-state index in [0.717, 1.165) is 17.4 Å². The molecule has 0 aliphatic heterocycles. The Bertz CT molecular complexity index is 1210. The molecule has 0 aliphatic carbocycles. The Morgan fingerprint density at radius 1 is 1.03 bits per heavy atom. The van der Waals surface area contributed by atoms with Gasteiger partial charge in [0.05, 0.1) is 11.9 Å². The third-order valence-electron chi connectivity index (χ3n) is 6.46. The zero-order valence-electron chi connectivity index (χ0n) is 23.1. The monoisotopic (exact) mass is 583 g/mol. The van der Waals surface area contributed by atoms with Crippen molar-refractivity contribution in [2.75, 3.05) is 23.7 Å². The number of carbonyl (C=O) groups is 2. The largest absolute Gasteiger partial charge is 0.354 e. The topological polar surface area (TPSA) is 86.8 Å². The summed E-state index contributed by atoms with van der Waals surface area (Å²) >= 11 is 12.8. The van der Waals surface area contributed by atoms with Crippen molar-refractivity contribution < 1.29 is 18.0 Å². The van der Waals surface area contributed by atoms with E-state index in [4.69, 9.17) is 23.2 Å². The highest BCUT2D eigenvalue weighted by atomic mass is 35.5. The highest BCUT2D eigenvalue weighted by Gasteiger charge is 2.30. The predicted molar refractivity (Wildman–Crippen MR) is 156 cm³/mol. The summed E-state index contributed by atoms with van der Waals surface area (Å²) in [7, 11) is -3.58. The Morgan fingerprint density at radius 2 is 1.63 bits per heavy atom. The minimum absolute atomic E-state index is 0.0485. The zero-order valence-corrected chi connectivity index (χ0v) is 25.4. The van der Waals surface area contributed by atoms with Gasteiger partial charge in [-0.1, -0.05) is 62.2 Å². The van der Waals surface area contributed by atoms with Gasteiger partial charge in [0.25, 0.3) is 0 Å². The Hall–Kier alpha value is -2.29. The molecule has 7 nitrogen and oxygen atoms in total. The zero-order chi connectivity index (χ0) is 28.6. The van der Waals surface area contributed by atoms with E-state index in [0.29, 0.717) is 34.3 Å². The molecular formula is C28H39Cl2N3O4S. The van der Waals surface area contributed by atoms with Crippen molar-refractivity contribution in [2.24, 2.45) is 5.92 Å². The summed E-state index contributed by atoms with van der Waals surface area (Å²) < 4.78 is 26.6. The van der Waals surface area contributed by atoms with Crippen LogP contribution in [0.25, 0.3) is 0 Å². The number of nitrogens with one attached hydrogen (secondary N) is 1. The number of halogens is 2. The first-order chi connectivity index (χ1) is 17.8. The van der Waals surface area contributed by atoms with E-state index in [1.54, 1.807) is 24.3 Å². The van der Waals surface area contributed by atoms with Gasteiger partial charge in [-0.25, -0.2) is 8.42 Å². The second kappa shape index (κ2) is 14.2. The van der Waals surface area contributed by atoms with Crippen LogP contribution in [0, 0.1) is 19.8 Å². The first kappa shape index (κ1) is 31.9. The summed E-state index contributed by atoms with van der Waals surface area (Å²) in [5, 5.41) is 3.74. The molecule has 210 valence electrons. The lowest BCUT2D eigenvalue weighted by Crippen LogP contribution is -2.49. The van der Waals surface area contributed by atoms with Gasteiger partial charge in [-0.2, -0.15) is 0 Å². The summed E-state index contributed by atoms with van der Waals surface area (Å²) in [6, 6.07) is 9.90. The van der Waals surface area contributed by atoms with Crippen molar-refractivity contribution in [3.05, 3.63) is 63.1 Å². The van der Waals surface area contributed by atoms with Crippen LogP contribution >= 0.6 is 23.2 Å². The number of amides is 2. The Kier molecular flexibility index (Phi) is 11.9. The van der Waals surface area contributed by atoms with Gasteiger partial charge in [0.1, 0.15) is 6.04 Å². The van der Waals surface area contributed by atoms with E-state index in [1.165, 1.54) is 9.21 Å². The molecule has 38 heavy (non-hydrogen) atoms. The lowest BCUT2D eigenvalue weighted by atomic mass is 10.1. The quantitative estimate of drug-likeness (QED) is 0.326. The van der Waals surface area contributed by atoms with E-state index in [1.807, 2.05) is 46.8 Å². The van der Waals surface area contributed by atoms with E-state index in [-0.39, 0.29) is 43.7 Å². The van der Waals surface area contributed by atoms with Crippen LogP contribution in [0.5, 0.6) is 0 Å². The lowest BCUT2D eigenvalue weighted by Gasteiger charge is -2.32. The smallest absolute Gasteiger partial charge is 0.242 e. The number of hydrogen-bond acceptors (Lipinski definition) is 4. The summed E-state index contributed by atoms with van der Waals surface area (Å²) in [4.78, 5) is 28.2. The number of benzene rings is 2. The molecule has 1 N–H and O–H groups in total. The molecule has 0 bridgehead atoms. The van der Waals surface area contributed by atoms with Crippen LogP contribution in [0.1, 0.15) is 56.7 Å². The standard InChI is InChI=1S/C28H39Cl2N3O4S/c1-7-25(28(35)31-17-19(2)3)32(18-22-23(29)12-9-13-24(22)30)27(34)15-10-16-33(38(6,36)37)26-14-8-11-20(4)21(26)5/h8-9,11-14,19,25H,7,10,15-18H2,1-6H3,(H,31,35)/t25-/m0/s1. The molecule has 2 amide bonds. The van der Waals surface area contributed by atoms with Gasteiger partial charge >= 0.3 is 0 Å². The molecule has 10 heteroatoms. The van der Waals surface area contributed by atoms with Gasteiger partial charge in [-0.3, -0.25) is 13.9 Å². The molecule has 0 spiro atoms. The first-order valence-corrected chi connectivity index (χ1v) is 15.4. The molecule has 0 fully saturated rings. The van der Waals surface area contributed by atoms with Gasteiger partial charge < -0.3 is 10.2 Å². The number of aryl methyl sites for hydroxylation is 1. The van der Waals surface area contributed by atoms with Gasteiger partial charge in [0, 0.05) is 41.7 Å². The molecule has 0 aromatic heterocycles. The molecular weight excluding hydrogens is 545 g/mol. The summed E-state index contributed by atoms with van der Waals surface area (Å²) in [5.41, 5.74) is 3.01. The number of anilines is 1. The number of rotatable bonds is 13. The van der Waals surface area contributed by atoms with Crippen LogP contribution < -0.4 is 9.62 Å². The number of hydrogen-bond donors (Lipinski definition) is 1. The average Bonchev–Trinajstić information content (AvgIpc) is 2.83. The molecule has 0 heterocycles. The minimum atomic E-state index is -3.58. The van der Waals surface area contributed by atoms with E-state index < -0.39 is 16.1 Å². The molecule has 0 saturated carbocycles. The second-order valence-electron chi connectivity index (χ2n) is 9.94. The van der Waals surface area contributed by atoms with Gasteiger partial charge in [-0.15, -0.1) is 0 Å². The summed E-state index contributed by atoms with van der Waals surface area (Å²) in [5.74, 6) is -0.265. The fourth-order valence-electron chi connectivity index (χ4n) is 4.18. The van der Waals surface area contributed by atoms with Crippen molar-refractivity contribution in [2.45, 2.75) is 66.5 Å². The third kappa shape index (κ3) is 8.61. The molecule has 0 saturated heterocycles. The fraction of sp³-hybridized carbons (Fsp3) is 0.500. The maximum Gasteiger partial charge on any atom is 0.242 e. The van der Waals surface area contributed by atoms with E-state index in [2.05, 4.69) is 5.32 Å². The Labute approximate surface area is 237 Å². The number of sulfonamides is 1. The molecule has 0 unspecified atom stereocenters. The Morgan fingerprint density at radius 3 is 2.18 bits per heavy atom. The second-order valence-corrected chi connectivity index (χ2v) is 12.7. The van der Waals surface area contributed by atoms with Gasteiger partial charge in [-0.05, 0) is 61.9 Å². The van der Waals surface area contributed by atoms with Crippen molar-refractivity contribution in [3.8, 4) is 0 Å². The number of carbonyl (C=O) groups excluding carboxylic acids is 2. The van der Waals surface area contributed by atoms with Crippen LogP contribution in [-0.2, 0) is 26.2 Å². The molecule has 0 aliphatic rings. The van der Waals surface area contributed by atoms with Crippen LogP contribution in [0.4, 0.5) is 5.69 Å². The maximum absolute atomic E-state index is 13.6. The highest BCUT2D eigenvalue weighted by molar-refractivity contribution is 7.92. The van der Waals surface area contributed by atoms with Crippen molar-refractivity contribution in [1.82, 2.24) is 10.2 Å². The minimum Gasteiger partial charge on any atom is -0.354 e.